The van der Waals surface area contributed by atoms with Crippen molar-refractivity contribution in [2.45, 2.75) is 28.5 Å². The highest BCUT2D eigenvalue weighted by atomic mass is 32.5. The smallest absolute Gasteiger partial charge is 0.379 e. The molecule has 0 aromatic heterocycles. The molecule has 0 fully saturated rings. The second kappa shape index (κ2) is 7.53. The summed E-state index contributed by atoms with van der Waals surface area (Å²) in [5.74, 6) is -1.81. The summed E-state index contributed by atoms with van der Waals surface area (Å²) in [5.41, 5.74) is -4.71. The Bertz CT molecular complexity index is 1090. The Morgan fingerprint density at radius 1 is 1.12 bits per heavy atom. The molecular formula is C18H14F8N2O2S2. The predicted molar refractivity (Wildman–Crippen MR) is 104 cm³/mol. The molecule has 0 saturated heterocycles. The van der Waals surface area contributed by atoms with Crippen LogP contribution in [-0.2, 0) is 11.0 Å². The second-order valence-corrected chi connectivity index (χ2v) is 10.3. The third kappa shape index (κ3) is 6.50. The minimum Gasteiger partial charge on any atom is -0.379 e. The van der Waals surface area contributed by atoms with Crippen molar-refractivity contribution in [3.05, 3.63) is 53.6 Å². The lowest BCUT2D eigenvalue weighted by Gasteiger charge is -2.40. The van der Waals surface area contributed by atoms with E-state index in [1.165, 1.54) is 6.07 Å². The molecule has 2 aromatic carbocycles. The van der Waals surface area contributed by atoms with Gasteiger partial charge in [-0.1, -0.05) is 25.5 Å². The van der Waals surface area contributed by atoms with Crippen LogP contribution in [0.2, 0.25) is 0 Å². The van der Waals surface area contributed by atoms with Crippen LogP contribution in [0.25, 0.3) is 0 Å². The van der Waals surface area contributed by atoms with Crippen molar-refractivity contribution in [3.8, 4) is 6.07 Å². The number of anilines is 1. The van der Waals surface area contributed by atoms with Gasteiger partial charge in [-0.15, -0.1) is 11.8 Å². The Hall–Kier alpha value is -2.50. The molecule has 0 bridgehead atoms. The van der Waals surface area contributed by atoms with Crippen LogP contribution in [0.5, 0.6) is 0 Å². The van der Waals surface area contributed by atoms with Crippen molar-refractivity contribution >= 4 is 33.6 Å². The summed E-state index contributed by atoms with van der Waals surface area (Å²) in [5, 5.41) is 21.1. The number of amides is 1. The van der Waals surface area contributed by atoms with Gasteiger partial charge in [0.1, 0.15) is 10.5 Å². The third-order valence-electron chi connectivity index (χ3n) is 3.96. The van der Waals surface area contributed by atoms with Gasteiger partial charge in [0.2, 0.25) is 0 Å². The molecule has 0 aliphatic rings. The number of hydrogen-bond acceptors (Lipinski definition) is 4. The SMILES string of the molecule is CC(O)(CSc1cccc(S(F)(F)(F)(F)F)c1)C(=O)Nc1ccc(C#N)c(C(F)(F)F)c1. The highest BCUT2D eigenvalue weighted by Gasteiger charge is 2.65. The molecule has 1 amide bonds. The number of aliphatic hydroxyl groups is 1. The van der Waals surface area contributed by atoms with Gasteiger partial charge in [0.15, 0.2) is 0 Å². The lowest BCUT2D eigenvalue weighted by atomic mass is 10.1. The fraction of sp³-hybridized carbons (Fsp3) is 0.222. The molecule has 0 aliphatic carbocycles. The van der Waals surface area contributed by atoms with Crippen LogP contribution in [0.4, 0.5) is 38.3 Å². The molecule has 1 unspecified atom stereocenters. The first kappa shape index (κ1) is 25.8. The summed E-state index contributed by atoms with van der Waals surface area (Å²) in [7, 11) is -9.92. The molecule has 2 aromatic rings. The van der Waals surface area contributed by atoms with Gasteiger partial charge < -0.3 is 10.4 Å². The van der Waals surface area contributed by atoms with Crippen molar-refractivity contribution in [1.29, 1.82) is 5.26 Å². The molecule has 0 saturated carbocycles. The third-order valence-corrected chi connectivity index (χ3v) is 6.40. The van der Waals surface area contributed by atoms with E-state index >= 15 is 0 Å². The van der Waals surface area contributed by atoms with E-state index < -0.39 is 55.4 Å². The van der Waals surface area contributed by atoms with Crippen LogP contribution in [-0.4, -0.2) is 22.4 Å². The van der Waals surface area contributed by atoms with Gasteiger partial charge in [-0.25, -0.2) is 0 Å². The minimum atomic E-state index is -9.92. The number of rotatable bonds is 6. The van der Waals surface area contributed by atoms with Gasteiger partial charge in [0, 0.05) is 16.3 Å². The number of thioether (sulfide) groups is 1. The highest BCUT2D eigenvalue weighted by molar-refractivity contribution is 8.45. The summed E-state index contributed by atoms with van der Waals surface area (Å²) in [6.45, 7) is 0.942. The number of carbonyl (C=O) groups is 1. The van der Waals surface area contributed by atoms with Crippen LogP contribution >= 0.6 is 22.0 Å². The van der Waals surface area contributed by atoms with Gasteiger partial charge in [-0.2, -0.15) is 18.4 Å². The fourth-order valence-corrected chi connectivity index (χ4v) is 4.04. The molecule has 1 atom stereocenters. The van der Waals surface area contributed by atoms with Crippen LogP contribution in [0.15, 0.2) is 52.3 Å². The van der Waals surface area contributed by atoms with E-state index in [4.69, 9.17) is 5.26 Å². The fourth-order valence-electron chi connectivity index (χ4n) is 2.31. The van der Waals surface area contributed by atoms with Crippen LogP contribution < -0.4 is 5.32 Å². The summed E-state index contributed by atoms with van der Waals surface area (Å²) in [6.07, 6.45) is -4.89. The van der Waals surface area contributed by atoms with Crippen molar-refractivity contribution in [2.24, 2.45) is 0 Å². The van der Waals surface area contributed by atoms with E-state index in [1.54, 1.807) is 0 Å². The number of nitriles is 1. The quantitative estimate of drug-likeness (QED) is 0.337. The van der Waals surface area contributed by atoms with Crippen LogP contribution in [0.1, 0.15) is 18.1 Å². The van der Waals surface area contributed by atoms with Crippen LogP contribution in [0.3, 0.4) is 0 Å². The standard InChI is InChI=1S/C18H14F8N2O2S2/c1-17(30,10-31-13-3-2-4-14(8-13)32(22,23,24,25)26)16(29)28-12-6-5-11(9-27)15(7-12)18(19,20)21/h2-8,30H,10H2,1H3,(H,28,29). The first-order chi connectivity index (χ1) is 14.2. The largest absolute Gasteiger partial charge is 0.417 e. The van der Waals surface area contributed by atoms with Gasteiger partial charge in [-0.3, -0.25) is 4.79 Å². The zero-order valence-corrected chi connectivity index (χ0v) is 17.5. The summed E-state index contributed by atoms with van der Waals surface area (Å²) in [6, 6.07) is 5.81. The van der Waals surface area contributed by atoms with E-state index in [1.807, 2.05) is 5.32 Å². The maximum atomic E-state index is 13.0. The van der Waals surface area contributed by atoms with Crippen molar-refractivity contribution < 1.29 is 42.5 Å². The molecule has 2 N–H and O–H groups in total. The van der Waals surface area contributed by atoms with Crippen molar-refractivity contribution in [3.63, 3.8) is 0 Å². The zero-order chi connectivity index (χ0) is 24.7. The molecule has 0 heterocycles. The van der Waals surface area contributed by atoms with E-state index in [0.29, 0.717) is 17.8 Å². The Morgan fingerprint density at radius 2 is 1.75 bits per heavy atom. The number of nitrogens with zero attached hydrogens (tertiary/aromatic N) is 1. The monoisotopic (exact) mass is 506 g/mol. The van der Waals surface area contributed by atoms with E-state index in [0.717, 1.165) is 31.2 Å². The number of carbonyl (C=O) groups excluding carboxylic acids is 1. The Labute approximate surface area is 180 Å². The lowest BCUT2D eigenvalue weighted by molar-refractivity contribution is -0.137. The van der Waals surface area contributed by atoms with Crippen molar-refractivity contribution in [1.82, 2.24) is 0 Å². The zero-order valence-electron chi connectivity index (χ0n) is 15.9. The maximum Gasteiger partial charge on any atom is 0.417 e. The first-order valence-corrected chi connectivity index (χ1v) is 11.3. The Morgan fingerprint density at radius 3 is 2.28 bits per heavy atom. The maximum absolute atomic E-state index is 13.0. The molecule has 32 heavy (non-hydrogen) atoms. The number of alkyl halides is 3. The number of benzene rings is 2. The van der Waals surface area contributed by atoms with Gasteiger partial charge in [-0.05, 0) is 43.3 Å². The molecule has 0 spiro atoms. The summed E-state index contributed by atoms with van der Waals surface area (Å²) < 4.78 is 104. The lowest BCUT2D eigenvalue weighted by Crippen LogP contribution is -2.42. The molecule has 2 rings (SSSR count). The first-order valence-electron chi connectivity index (χ1n) is 8.35. The van der Waals surface area contributed by atoms with Gasteiger partial charge in [0.05, 0.1) is 17.2 Å². The molecular weight excluding hydrogens is 492 g/mol. The van der Waals surface area contributed by atoms with E-state index in [9.17, 15) is 42.5 Å². The molecule has 0 radical (unpaired) electrons. The van der Waals surface area contributed by atoms with Gasteiger partial charge >= 0.3 is 16.4 Å². The normalized spacial score (nSPS) is 16.3. The van der Waals surface area contributed by atoms with Crippen molar-refractivity contribution in [2.75, 3.05) is 11.1 Å². The number of nitrogens with one attached hydrogen (secondary N) is 1. The van der Waals surface area contributed by atoms with Crippen LogP contribution in [0, 0.1) is 11.3 Å². The average molecular weight is 506 g/mol. The minimum absolute atomic E-state index is 0.177. The van der Waals surface area contributed by atoms with E-state index in [-0.39, 0.29) is 17.0 Å². The molecule has 14 heteroatoms. The highest BCUT2D eigenvalue weighted by Crippen LogP contribution is 3.02. The summed E-state index contributed by atoms with van der Waals surface area (Å²) in [4.78, 5) is 9.82. The molecule has 0 aliphatic heterocycles. The van der Waals surface area contributed by atoms with E-state index in [2.05, 4.69) is 0 Å². The average Bonchev–Trinajstić information content (AvgIpc) is 2.64. The number of hydrogen-bond donors (Lipinski definition) is 2. The predicted octanol–water partition coefficient (Wildman–Crippen LogP) is 6.72. The summed E-state index contributed by atoms with van der Waals surface area (Å²) >= 11 is 0.459. The molecule has 4 nitrogen and oxygen atoms in total. The second-order valence-electron chi connectivity index (χ2n) is 6.83. The number of halogens is 8. The molecule has 176 valence electrons. The Balaban J connectivity index is 2.17. The Kier molecular flexibility index (Phi) is 6.06. The van der Waals surface area contributed by atoms with Gasteiger partial charge in [0.25, 0.3) is 5.91 Å². The topological polar surface area (TPSA) is 73.1 Å².